The third-order valence-electron chi connectivity index (χ3n) is 3.58. The first kappa shape index (κ1) is 19.1. The molecule has 0 aliphatic heterocycles. The minimum atomic E-state index is -0.377. The molecule has 25 heavy (non-hydrogen) atoms. The summed E-state index contributed by atoms with van der Waals surface area (Å²) in [4.78, 5) is 25.8. The van der Waals surface area contributed by atoms with E-state index >= 15 is 0 Å². The molecular formula is C18H18Cl2N2O3. The zero-order valence-electron chi connectivity index (χ0n) is 14.1. The minimum absolute atomic E-state index is 0.183. The predicted octanol–water partition coefficient (Wildman–Crippen LogP) is 4.30. The molecular weight excluding hydrogens is 363 g/mol. The molecule has 0 spiro atoms. The first-order chi connectivity index (χ1) is 11.8. The van der Waals surface area contributed by atoms with Crippen LogP contribution in [0.5, 0.6) is 5.75 Å². The molecule has 1 N–H and O–H groups in total. The molecule has 2 amide bonds. The Morgan fingerprint density at radius 3 is 2.44 bits per heavy atom. The molecule has 0 aromatic heterocycles. The molecule has 0 unspecified atom stereocenters. The van der Waals surface area contributed by atoms with E-state index in [4.69, 9.17) is 27.9 Å². The standard InChI is InChI=1S/C18H18Cl2N2O3/c1-11-8-16(17(25-3)9-14(11)20)22(12(2)23)10-18(24)21-15-7-5-4-6-13(15)19/h4-9H,10H2,1-3H3,(H,21,24). The van der Waals surface area contributed by atoms with Gasteiger partial charge in [0.05, 0.1) is 23.5 Å². The zero-order valence-corrected chi connectivity index (χ0v) is 15.6. The second-order valence-corrected chi connectivity index (χ2v) is 6.22. The number of hydrogen-bond donors (Lipinski definition) is 1. The van der Waals surface area contributed by atoms with Gasteiger partial charge < -0.3 is 10.1 Å². The summed E-state index contributed by atoms with van der Waals surface area (Å²) in [6.07, 6.45) is 0. The molecule has 0 heterocycles. The summed E-state index contributed by atoms with van der Waals surface area (Å²) in [5, 5.41) is 3.64. The van der Waals surface area contributed by atoms with Crippen molar-refractivity contribution in [3.05, 3.63) is 52.0 Å². The normalized spacial score (nSPS) is 10.3. The number of methoxy groups -OCH3 is 1. The Morgan fingerprint density at radius 1 is 1.16 bits per heavy atom. The third kappa shape index (κ3) is 4.65. The van der Waals surface area contributed by atoms with Gasteiger partial charge >= 0.3 is 0 Å². The first-order valence-electron chi connectivity index (χ1n) is 7.50. The van der Waals surface area contributed by atoms with E-state index in [1.54, 1.807) is 36.4 Å². The Hall–Kier alpha value is -2.24. The van der Waals surface area contributed by atoms with Crippen LogP contribution in [0.25, 0.3) is 0 Å². The highest BCUT2D eigenvalue weighted by atomic mass is 35.5. The van der Waals surface area contributed by atoms with Crippen molar-refractivity contribution in [3.63, 3.8) is 0 Å². The number of hydrogen-bond acceptors (Lipinski definition) is 3. The van der Waals surface area contributed by atoms with E-state index in [2.05, 4.69) is 5.32 Å². The van der Waals surface area contributed by atoms with Crippen molar-refractivity contribution in [1.82, 2.24) is 0 Å². The number of anilines is 2. The van der Waals surface area contributed by atoms with Crippen molar-refractivity contribution < 1.29 is 14.3 Å². The fraction of sp³-hybridized carbons (Fsp3) is 0.222. The van der Waals surface area contributed by atoms with E-state index in [0.29, 0.717) is 27.2 Å². The topological polar surface area (TPSA) is 58.6 Å². The largest absolute Gasteiger partial charge is 0.495 e. The van der Waals surface area contributed by atoms with E-state index < -0.39 is 0 Å². The van der Waals surface area contributed by atoms with Crippen LogP contribution in [0.15, 0.2) is 36.4 Å². The fourth-order valence-electron chi connectivity index (χ4n) is 2.28. The number of carbonyl (C=O) groups is 2. The Labute approximate surface area is 156 Å². The maximum atomic E-state index is 12.4. The monoisotopic (exact) mass is 380 g/mol. The molecule has 0 aliphatic carbocycles. The van der Waals surface area contributed by atoms with Crippen LogP contribution >= 0.6 is 23.2 Å². The van der Waals surface area contributed by atoms with Gasteiger partial charge in [-0.2, -0.15) is 0 Å². The predicted molar refractivity (Wildman–Crippen MR) is 101 cm³/mol. The number of ether oxygens (including phenoxy) is 1. The number of halogens is 2. The highest BCUT2D eigenvalue weighted by Crippen LogP contribution is 2.34. The smallest absolute Gasteiger partial charge is 0.244 e. The Morgan fingerprint density at radius 2 is 1.84 bits per heavy atom. The van der Waals surface area contributed by atoms with Crippen molar-refractivity contribution in [2.75, 3.05) is 23.9 Å². The van der Waals surface area contributed by atoms with Gasteiger partial charge in [0.2, 0.25) is 11.8 Å². The number of rotatable bonds is 5. The second-order valence-electron chi connectivity index (χ2n) is 5.41. The minimum Gasteiger partial charge on any atom is -0.495 e. The Balaban J connectivity index is 2.28. The van der Waals surface area contributed by atoms with Gasteiger partial charge in [-0.3, -0.25) is 14.5 Å². The molecule has 0 aliphatic rings. The summed E-state index contributed by atoms with van der Waals surface area (Å²) in [6.45, 7) is 3.01. The van der Waals surface area contributed by atoms with Crippen LogP contribution in [0.2, 0.25) is 10.0 Å². The lowest BCUT2D eigenvalue weighted by Crippen LogP contribution is -2.37. The number of amides is 2. The number of para-hydroxylation sites is 1. The highest BCUT2D eigenvalue weighted by molar-refractivity contribution is 6.33. The lowest BCUT2D eigenvalue weighted by atomic mass is 10.2. The van der Waals surface area contributed by atoms with Gasteiger partial charge in [-0.25, -0.2) is 0 Å². The van der Waals surface area contributed by atoms with E-state index in [0.717, 1.165) is 5.56 Å². The van der Waals surface area contributed by atoms with E-state index in [9.17, 15) is 9.59 Å². The number of nitrogens with zero attached hydrogens (tertiary/aromatic N) is 1. The molecule has 2 aromatic carbocycles. The quantitative estimate of drug-likeness (QED) is 0.840. The van der Waals surface area contributed by atoms with Crippen molar-refractivity contribution in [3.8, 4) is 5.75 Å². The van der Waals surface area contributed by atoms with Gasteiger partial charge in [0, 0.05) is 18.0 Å². The average Bonchev–Trinajstić information content (AvgIpc) is 2.56. The molecule has 132 valence electrons. The van der Waals surface area contributed by atoms with E-state index in [1.165, 1.54) is 18.9 Å². The Bertz CT molecular complexity index is 809. The highest BCUT2D eigenvalue weighted by Gasteiger charge is 2.21. The molecule has 7 heteroatoms. The molecule has 0 fully saturated rings. The molecule has 0 saturated carbocycles. The molecule has 0 atom stereocenters. The van der Waals surface area contributed by atoms with E-state index in [1.807, 2.05) is 6.92 Å². The lowest BCUT2D eigenvalue weighted by Gasteiger charge is -2.23. The number of carbonyl (C=O) groups excluding carboxylic acids is 2. The molecule has 0 saturated heterocycles. The first-order valence-corrected chi connectivity index (χ1v) is 8.25. The summed E-state index contributed by atoms with van der Waals surface area (Å²) in [5.74, 6) is -0.261. The lowest BCUT2D eigenvalue weighted by molar-refractivity contribution is -0.120. The number of benzene rings is 2. The summed E-state index contributed by atoms with van der Waals surface area (Å²) in [7, 11) is 1.48. The molecule has 2 aromatic rings. The zero-order chi connectivity index (χ0) is 18.6. The van der Waals surface area contributed by atoms with Gasteiger partial charge in [-0.1, -0.05) is 35.3 Å². The van der Waals surface area contributed by atoms with Crippen molar-refractivity contribution >= 4 is 46.4 Å². The molecule has 2 rings (SSSR count). The maximum Gasteiger partial charge on any atom is 0.244 e. The van der Waals surface area contributed by atoms with Crippen LogP contribution in [0.4, 0.5) is 11.4 Å². The maximum absolute atomic E-state index is 12.4. The molecule has 0 radical (unpaired) electrons. The summed E-state index contributed by atoms with van der Waals surface area (Å²) in [5.41, 5.74) is 1.73. The Kier molecular flexibility index (Phi) is 6.28. The second kappa shape index (κ2) is 8.23. The fourth-order valence-corrected chi connectivity index (χ4v) is 2.62. The number of aryl methyl sites for hydroxylation is 1. The van der Waals surface area contributed by atoms with Crippen LogP contribution < -0.4 is 15.0 Å². The van der Waals surface area contributed by atoms with Crippen LogP contribution in [-0.4, -0.2) is 25.5 Å². The van der Waals surface area contributed by atoms with Crippen molar-refractivity contribution in [1.29, 1.82) is 0 Å². The van der Waals surface area contributed by atoms with Gasteiger partial charge in [0.25, 0.3) is 0 Å². The van der Waals surface area contributed by atoms with Crippen molar-refractivity contribution in [2.45, 2.75) is 13.8 Å². The van der Waals surface area contributed by atoms with Gasteiger partial charge in [-0.15, -0.1) is 0 Å². The summed E-state index contributed by atoms with van der Waals surface area (Å²) >= 11 is 12.1. The van der Waals surface area contributed by atoms with Crippen molar-refractivity contribution in [2.24, 2.45) is 0 Å². The SMILES string of the molecule is COc1cc(Cl)c(C)cc1N(CC(=O)Nc1ccccc1Cl)C(C)=O. The van der Waals surface area contributed by atoms with Crippen LogP contribution in [0.3, 0.4) is 0 Å². The van der Waals surface area contributed by atoms with Gasteiger partial charge in [0.15, 0.2) is 0 Å². The van der Waals surface area contributed by atoms with Crippen LogP contribution in [0.1, 0.15) is 12.5 Å². The third-order valence-corrected chi connectivity index (χ3v) is 4.32. The van der Waals surface area contributed by atoms with Crippen LogP contribution in [-0.2, 0) is 9.59 Å². The molecule has 0 bridgehead atoms. The summed E-state index contributed by atoms with van der Waals surface area (Å²) < 4.78 is 5.30. The molecule has 5 nitrogen and oxygen atoms in total. The van der Waals surface area contributed by atoms with Gasteiger partial charge in [0.1, 0.15) is 12.3 Å². The summed E-state index contributed by atoms with van der Waals surface area (Å²) in [6, 6.07) is 10.2. The number of nitrogens with one attached hydrogen (secondary N) is 1. The van der Waals surface area contributed by atoms with Gasteiger partial charge in [-0.05, 0) is 30.7 Å². The van der Waals surface area contributed by atoms with E-state index in [-0.39, 0.29) is 18.4 Å². The average molecular weight is 381 g/mol. The van der Waals surface area contributed by atoms with Crippen LogP contribution in [0, 0.1) is 6.92 Å².